The van der Waals surface area contributed by atoms with E-state index in [9.17, 15) is 9.59 Å². The van der Waals surface area contributed by atoms with E-state index in [1.165, 1.54) is 6.92 Å². The molecule has 0 amide bonds. The first-order chi connectivity index (χ1) is 3.72. The number of carbonyl (C=O) groups is 2. The van der Waals surface area contributed by atoms with Crippen molar-refractivity contribution in [3.8, 4) is 0 Å². The molecule has 3 heteroatoms. The second-order valence-electron chi connectivity index (χ2n) is 1.76. The number of hydrogen-bond donors (Lipinski definition) is 0. The van der Waals surface area contributed by atoms with Crippen molar-refractivity contribution in [2.24, 2.45) is 5.92 Å². The second kappa shape index (κ2) is 6.00. The Balaban J connectivity index is 0. The Morgan fingerprint density at radius 3 is 2.11 bits per heavy atom. The van der Waals surface area contributed by atoms with Crippen molar-refractivity contribution in [3.05, 3.63) is 0 Å². The van der Waals surface area contributed by atoms with E-state index in [1.807, 2.05) is 6.92 Å². The smallest absolute Gasteiger partial charge is 0.139 e. The van der Waals surface area contributed by atoms with E-state index < -0.39 is 0 Å². The fraction of sp³-hybridized carbons (Fsp3) is 0.667. The molecule has 0 aromatic carbocycles. The van der Waals surface area contributed by atoms with E-state index in [2.05, 4.69) is 0 Å². The van der Waals surface area contributed by atoms with Crippen molar-refractivity contribution >= 4 is 12.1 Å². The van der Waals surface area contributed by atoms with E-state index >= 15 is 0 Å². The largest absolute Gasteiger partial charge is 0.303 e. The molecule has 9 heavy (non-hydrogen) atoms. The maximum atomic E-state index is 10.4. The molecule has 0 bridgehead atoms. The first-order valence-electron chi connectivity index (χ1n) is 2.68. The predicted molar refractivity (Wildman–Crippen MR) is 30.5 cm³/mol. The molecule has 0 aliphatic rings. The van der Waals surface area contributed by atoms with Gasteiger partial charge in [-0.3, -0.25) is 4.79 Å². The van der Waals surface area contributed by atoms with E-state index in [0.29, 0.717) is 12.7 Å². The summed E-state index contributed by atoms with van der Waals surface area (Å²) in [6.07, 6.45) is 1.32. The molecular formula is C6H10CrO2. The third-order valence-corrected chi connectivity index (χ3v) is 1.13. The number of carbonyl (C=O) groups excluding carboxylic acids is 2. The van der Waals surface area contributed by atoms with Crippen LogP contribution in [0.3, 0.4) is 0 Å². The molecule has 0 aliphatic carbocycles. The molecule has 2 nitrogen and oxygen atoms in total. The summed E-state index contributed by atoms with van der Waals surface area (Å²) in [4.78, 5) is 20.3. The van der Waals surface area contributed by atoms with Gasteiger partial charge in [0.05, 0.1) is 5.92 Å². The molecule has 0 rings (SSSR count). The number of rotatable bonds is 3. The summed E-state index contributed by atoms with van der Waals surface area (Å²) in [5, 5.41) is 0. The van der Waals surface area contributed by atoms with E-state index in [-0.39, 0.29) is 29.1 Å². The number of hydrogen-bond acceptors (Lipinski definition) is 2. The van der Waals surface area contributed by atoms with Gasteiger partial charge in [0.2, 0.25) is 0 Å². The van der Waals surface area contributed by atoms with Crippen LogP contribution in [0.5, 0.6) is 0 Å². The van der Waals surface area contributed by atoms with Crippen molar-refractivity contribution < 1.29 is 27.0 Å². The van der Waals surface area contributed by atoms with Crippen LogP contribution in [0, 0.1) is 5.92 Å². The minimum atomic E-state index is -0.366. The van der Waals surface area contributed by atoms with Crippen LogP contribution in [-0.4, -0.2) is 12.1 Å². The van der Waals surface area contributed by atoms with Crippen LogP contribution >= 0.6 is 0 Å². The van der Waals surface area contributed by atoms with Crippen molar-refractivity contribution in [2.45, 2.75) is 20.3 Å². The number of aldehydes is 1. The monoisotopic (exact) mass is 166 g/mol. The Morgan fingerprint density at radius 1 is 1.67 bits per heavy atom. The van der Waals surface area contributed by atoms with Gasteiger partial charge in [0.1, 0.15) is 12.1 Å². The molecular weight excluding hydrogens is 156 g/mol. The van der Waals surface area contributed by atoms with Crippen molar-refractivity contribution in [3.63, 3.8) is 0 Å². The van der Waals surface area contributed by atoms with E-state index in [4.69, 9.17) is 0 Å². The normalized spacial score (nSPS) is 11.3. The number of ketones is 1. The van der Waals surface area contributed by atoms with Gasteiger partial charge >= 0.3 is 0 Å². The summed E-state index contributed by atoms with van der Waals surface area (Å²) in [6, 6.07) is 0. The van der Waals surface area contributed by atoms with Gasteiger partial charge in [-0.25, -0.2) is 0 Å². The van der Waals surface area contributed by atoms with E-state index in [1.54, 1.807) is 0 Å². The maximum Gasteiger partial charge on any atom is 0.139 e. The van der Waals surface area contributed by atoms with Crippen LogP contribution in [0.2, 0.25) is 0 Å². The maximum absolute atomic E-state index is 10.4. The van der Waals surface area contributed by atoms with Gasteiger partial charge in [0.25, 0.3) is 0 Å². The first-order valence-corrected chi connectivity index (χ1v) is 2.68. The Kier molecular flexibility index (Phi) is 7.76. The molecule has 1 atom stereocenters. The van der Waals surface area contributed by atoms with Gasteiger partial charge in [-0.15, -0.1) is 0 Å². The average Bonchev–Trinajstić information content (AvgIpc) is 1.69. The molecule has 1 unspecified atom stereocenters. The molecule has 0 aromatic heterocycles. The minimum absolute atomic E-state index is 0. The number of Topliss-reactive ketones (excluding diaryl/α,β-unsaturated/α-hetero) is 1. The standard InChI is InChI=1S/C6H10O2.Cr/c1-3-6(4-7)5(2)8;/h4,6H,3H2,1-2H3;. The van der Waals surface area contributed by atoms with Crippen LogP contribution in [0.1, 0.15) is 20.3 Å². The van der Waals surface area contributed by atoms with Crippen LogP contribution < -0.4 is 0 Å². The van der Waals surface area contributed by atoms with Crippen LogP contribution in [0.15, 0.2) is 0 Å². The molecule has 0 radical (unpaired) electrons. The Labute approximate surface area is 65.8 Å². The average molecular weight is 166 g/mol. The zero-order valence-corrected chi connectivity index (χ0v) is 6.86. The SMILES string of the molecule is CCC(C=O)C(C)=O.[Cr]. The topological polar surface area (TPSA) is 34.1 Å². The van der Waals surface area contributed by atoms with Crippen molar-refractivity contribution in [1.82, 2.24) is 0 Å². The Morgan fingerprint density at radius 2 is 2.11 bits per heavy atom. The molecule has 0 saturated carbocycles. The van der Waals surface area contributed by atoms with Gasteiger partial charge in [0.15, 0.2) is 0 Å². The van der Waals surface area contributed by atoms with Crippen molar-refractivity contribution in [2.75, 3.05) is 0 Å². The molecule has 0 aromatic rings. The Hall–Kier alpha value is -0.128. The molecule has 52 valence electrons. The molecule has 0 saturated heterocycles. The fourth-order valence-electron chi connectivity index (χ4n) is 0.480. The molecule has 0 N–H and O–H groups in total. The first kappa shape index (κ1) is 11.6. The molecule has 0 spiro atoms. The summed E-state index contributed by atoms with van der Waals surface area (Å²) in [6.45, 7) is 3.25. The van der Waals surface area contributed by atoms with Crippen LogP contribution in [0.25, 0.3) is 0 Å². The van der Waals surface area contributed by atoms with Crippen LogP contribution in [-0.2, 0) is 27.0 Å². The zero-order valence-electron chi connectivity index (χ0n) is 5.59. The minimum Gasteiger partial charge on any atom is -0.303 e. The third kappa shape index (κ3) is 4.38. The van der Waals surface area contributed by atoms with Gasteiger partial charge in [0, 0.05) is 17.4 Å². The van der Waals surface area contributed by atoms with Gasteiger partial charge in [-0.1, -0.05) is 6.92 Å². The molecule has 0 heterocycles. The molecule has 0 fully saturated rings. The van der Waals surface area contributed by atoms with E-state index in [0.717, 1.165) is 0 Å². The summed E-state index contributed by atoms with van der Waals surface area (Å²) in [7, 11) is 0. The van der Waals surface area contributed by atoms with Gasteiger partial charge in [-0.05, 0) is 13.3 Å². The second-order valence-corrected chi connectivity index (χ2v) is 1.76. The van der Waals surface area contributed by atoms with Gasteiger partial charge in [-0.2, -0.15) is 0 Å². The third-order valence-electron chi connectivity index (χ3n) is 1.13. The summed E-state index contributed by atoms with van der Waals surface area (Å²) >= 11 is 0. The molecule has 0 aliphatic heterocycles. The van der Waals surface area contributed by atoms with Gasteiger partial charge < -0.3 is 4.79 Å². The van der Waals surface area contributed by atoms with Crippen molar-refractivity contribution in [1.29, 1.82) is 0 Å². The fourth-order valence-corrected chi connectivity index (χ4v) is 0.480. The summed E-state index contributed by atoms with van der Waals surface area (Å²) in [5.74, 6) is -0.405. The quantitative estimate of drug-likeness (QED) is 0.459. The Bertz CT molecular complexity index is 101. The summed E-state index contributed by atoms with van der Waals surface area (Å²) in [5.41, 5.74) is 0. The predicted octanol–water partition coefficient (Wildman–Crippen LogP) is 0.798. The van der Waals surface area contributed by atoms with Crippen LogP contribution in [0.4, 0.5) is 0 Å². The zero-order chi connectivity index (χ0) is 6.57. The summed E-state index contributed by atoms with van der Waals surface area (Å²) < 4.78 is 0.